The zero-order valence-electron chi connectivity index (χ0n) is 22.1. The van der Waals surface area contributed by atoms with Crippen LogP contribution in [-0.4, -0.2) is 39.2 Å². The molecule has 0 radical (unpaired) electrons. The van der Waals surface area contributed by atoms with Gasteiger partial charge < -0.3 is 21.1 Å². The summed E-state index contributed by atoms with van der Waals surface area (Å²) in [5.74, 6) is 0.0789. The van der Waals surface area contributed by atoms with E-state index in [4.69, 9.17) is 21.4 Å². The van der Waals surface area contributed by atoms with Crippen molar-refractivity contribution in [2.24, 2.45) is 17.3 Å². The van der Waals surface area contributed by atoms with Gasteiger partial charge in [0.05, 0.1) is 11.5 Å². The fourth-order valence-corrected chi connectivity index (χ4v) is 3.67. The third-order valence-corrected chi connectivity index (χ3v) is 6.22. The number of halogens is 1. The molecule has 8 heteroatoms. The topological polar surface area (TPSA) is 119 Å². The molecule has 2 aliphatic rings. The third kappa shape index (κ3) is 17.6. The minimum atomic E-state index is -0.900. The Labute approximate surface area is 214 Å². The first kappa shape index (κ1) is 37.1. The predicted molar refractivity (Wildman–Crippen MR) is 143 cm³/mol. The number of carbonyl (C=O) groups is 2. The minimum Gasteiger partial charge on any atom is -0.481 e. The van der Waals surface area contributed by atoms with E-state index in [9.17, 15) is 14.7 Å². The molecule has 0 unspecified atom stereocenters. The van der Waals surface area contributed by atoms with Crippen molar-refractivity contribution in [1.82, 2.24) is 6.15 Å². The molecule has 0 aromatic rings. The zero-order chi connectivity index (χ0) is 24.2. The first-order valence-corrected chi connectivity index (χ1v) is 12.4. The van der Waals surface area contributed by atoms with Gasteiger partial charge in [0.15, 0.2) is 0 Å². The Kier molecular flexibility index (Phi) is 20.1. The van der Waals surface area contributed by atoms with Crippen LogP contribution in [0.1, 0.15) is 113 Å². The summed E-state index contributed by atoms with van der Waals surface area (Å²) in [7, 11) is 0. The molecule has 2 aliphatic carbocycles. The second-order valence-corrected chi connectivity index (χ2v) is 11.6. The number of esters is 1. The standard InChI is InChI=1S/C12H21ClO2.C8H16O.C5H10O2.H3N.H2S/c1-9(10-7-5-4-6-8-10)15-11(14)12(2,3)13;1-7(9)8-5-3-2-4-6-8;1-5(2,3)4(6)7;;/h9-10H,4-8H2,1-3H3;7-9H,2-6H2,1H3;1-3H3,(H,6,7);1H3;1H2/t9-;7-;;;/m00.../s1. The molecule has 33 heavy (non-hydrogen) atoms. The van der Waals surface area contributed by atoms with Crippen LogP contribution in [0, 0.1) is 17.3 Å². The van der Waals surface area contributed by atoms with E-state index >= 15 is 0 Å². The van der Waals surface area contributed by atoms with E-state index in [1.54, 1.807) is 34.6 Å². The van der Waals surface area contributed by atoms with Crippen LogP contribution in [0.4, 0.5) is 0 Å². The molecular formula is C25H52ClNO5S. The zero-order valence-corrected chi connectivity index (χ0v) is 23.8. The summed E-state index contributed by atoms with van der Waals surface area (Å²) in [4.78, 5) is 20.7. The van der Waals surface area contributed by atoms with E-state index in [-0.39, 0.29) is 37.8 Å². The summed E-state index contributed by atoms with van der Waals surface area (Å²) < 4.78 is 5.38. The second kappa shape index (κ2) is 17.9. The number of carboxylic acid groups (broad SMARTS) is 1. The number of ether oxygens (including phenoxy) is 1. The molecule has 0 spiro atoms. The van der Waals surface area contributed by atoms with Gasteiger partial charge in [0.25, 0.3) is 0 Å². The monoisotopic (exact) mass is 513 g/mol. The molecule has 2 rings (SSSR count). The summed E-state index contributed by atoms with van der Waals surface area (Å²) in [6.07, 6.45) is 12.7. The Hall–Kier alpha value is -0.500. The van der Waals surface area contributed by atoms with Crippen molar-refractivity contribution in [1.29, 1.82) is 0 Å². The molecule has 2 saturated carbocycles. The van der Waals surface area contributed by atoms with Crippen molar-refractivity contribution in [3.63, 3.8) is 0 Å². The molecule has 0 aromatic heterocycles. The summed E-state index contributed by atoms with van der Waals surface area (Å²) in [5, 5.41) is 17.4. The highest BCUT2D eigenvalue weighted by molar-refractivity contribution is 7.59. The van der Waals surface area contributed by atoms with Crippen molar-refractivity contribution in [3.05, 3.63) is 0 Å². The molecule has 0 aromatic carbocycles. The van der Waals surface area contributed by atoms with Crippen molar-refractivity contribution < 1.29 is 24.5 Å². The number of hydrogen-bond acceptors (Lipinski definition) is 5. The van der Waals surface area contributed by atoms with Crippen LogP contribution in [0.5, 0.6) is 0 Å². The van der Waals surface area contributed by atoms with Gasteiger partial charge in [0, 0.05) is 0 Å². The Balaban J connectivity index is -0.000000432. The van der Waals surface area contributed by atoms with E-state index in [2.05, 4.69) is 0 Å². The van der Waals surface area contributed by atoms with E-state index in [0.29, 0.717) is 11.8 Å². The highest BCUT2D eigenvalue weighted by Gasteiger charge is 2.30. The molecule has 2 atom stereocenters. The Morgan fingerprint density at radius 2 is 1.18 bits per heavy atom. The molecule has 6 nitrogen and oxygen atoms in total. The lowest BCUT2D eigenvalue weighted by Crippen LogP contribution is -2.34. The number of hydrogen-bond donors (Lipinski definition) is 3. The third-order valence-electron chi connectivity index (χ3n) is 6.07. The number of aliphatic hydroxyl groups is 1. The lowest BCUT2D eigenvalue weighted by atomic mass is 9.86. The number of aliphatic carboxylic acids is 1. The Morgan fingerprint density at radius 3 is 1.42 bits per heavy atom. The van der Waals surface area contributed by atoms with E-state index in [0.717, 1.165) is 0 Å². The SMILES string of the molecule is CC(C)(C)C(=O)O.C[C@H](O)C1CCCCC1.C[C@H](OC(=O)C(C)(C)Cl)C1CCCCC1.N.S. The van der Waals surface area contributed by atoms with Gasteiger partial charge in [0.1, 0.15) is 11.0 Å². The van der Waals surface area contributed by atoms with Gasteiger partial charge in [0.2, 0.25) is 0 Å². The predicted octanol–water partition coefficient (Wildman–Crippen LogP) is 6.86. The molecule has 0 saturated heterocycles. The summed E-state index contributed by atoms with van der Waals surface area (Å²) in [6.45, 7) is 12.2. The summed E-state index contributed by atoms with van der Waals surface area (Å²) in [5.41, 5.74) is -0.583. The summed E-state index contributed by atoms with van der Waals surface area (Å²) in [6, 6.07) is 0. The van der Waals surface area contributed by atoms with Crippen molar-refractivity contribution >= 4 is 37.0 Å². The normalized spacial score (nSPS) is 19.1. The van der Waals surface area contributed by atoms with Gasteiger partial charge in [-0.1, -0.05) is 38.5 Å². The number of carbonyl (C=O) groups excluding carboxylic acids is 1. The van der Waals surface area contributed by atoms with Crippen LogP contribution in [0.15, 0.2) is 0 Å². The van der Waals surface area contributed by atoms with E-state index < -0.39 is 16.3 Å². The van der Waals surface area contributed by atoms with E-state index in [1.807, 2.05) is 13.8 Å². The smallest absolute Gasteiger partial charge is 0.326 e. The van der Waals surface area contributed by atoms with E-state index in [1.165, 1.54) is 64.2 Å². The number of aliphatic hydroxyl groups excluding tert-OH is 1. The van der Waals surface area contributed by atoms with Gasteiger partial charge >= 0.3 is 11.9 Å². The largest absolute Gasteiger partial charge is 0.481 e. The average molecular weight is 514 g/mol. The Bertz CT molecular complexity index is 520. The van der Waals surface area contributed by atoms with Gasteiger partial charge in [-0.25, -0.2) is 0 Å². The van der Waals surface area contributed by atoms with Crippen LogP contribution in [-0.2, 0) is 14.3 Å². The van der Waals surface area contributed by atoms with Crippen LogP contribution in [0.3, 0.4) is 0 Å². The van der Waals surface area contributed by atoms with Crippen molar-refractivity contribution in [2.45, 2.75) is 130 Å². The molecule has 5 N–H and O–H groups in total. The highest BCUT2D eigenvalue weighted by atomic mass is 35.5. The lowest BCUT2D eigenvalue weighted by Gasteiger charge is -2.29. The van der Waals surface area contributed by atoms with Crippen LogP contribution in [0.25, 0.3) is 0 Å². The number of alkyl halides is 1. The van der Waals surface area contributed by atoms with Crippen molar-refractivity contribution in [2.75, 3.05) is 0 Å². The quantitative estimate of drug-likeness (QED) is 0.279. The van der Waals surface area contributed by atoms with Gasteiger partial charge in [-0.3, -0.25) is 9.59 Å². The number of carboxylic acids is 1. The molecule has 0 heterocycles. The first-order valence-electron chi connectivity index (χ1n) is 12.0. The van der Waals surface area contributed by atoms with Gasteiger partial charge in [-0.15, -0.1) is 11.6 Å². The minimum absolute atomic E-state index is 0. The fourth-order valence-electron chi connectivity index (χ4n) is 3.63. The Morgan fingerprint density at radius 1 is 0.848 bits per heavy atom. The maximum Gasteiger partial charge on any atom is 0.326 e. The van der Waals surface area contributed by atoms with Crippen LogP contribution >= 0.6 is 25.1 Å². The molecule has 2 fully saturated rings. The van der Waals surface area contributed by atoms with Gasteiger partial charge in [-0.05, 0) is 86.0 Å². The average Bonchev–Trinajstić information content (AvgIpc) is 2.68. The maximum atomic E-state index is 11.6. The number of rotatable bonds is 4. The van der Waals surface area contributed by atoms with Crippen LogP contribution < -0.4 is 6.15 Å². The molecular weight excluding hydrogens is 462 g/mol. The fraction of sp³-hybridized carbons (Fsp3) is 0.920. The molecule has 200 valence electrons. The summed E-state index contributed by atoms with van der Waals surface area (Å²) >= 11 is 5.89. The van der Waals surface area contributed by atoms with Crippen LogP contribution in [0.2, 0.25) is 0 Å². The molecule has 0 bridgehead atoms. The first-order chi connectivity index (χ1) is 14.2. The maximum absolute atomic E-state index is 11.6. The second-order valence-electron chi connectivity index (χ2n) is 10.7. The van der Waals surface area contributed by atoms with Gasteiger partial charge in [-0.2, -0.15) is 13.5 Å². The lowest BCUT2D eigenvalue weighted by molar-refractivity contribution is -0.153. The molecule has 0 amide bonds. The molecule has 0 aliphatic heterocycles. The highest BCUT2D eigenvalue weighted by Crippen LogP contribution is 2.29. The van der Waals surface area contributed by atoms with Crippen molar-refractivity contribution in [3.8, 4) is 0 Å².